The third kappa shape index (κ3) is 51.4. The van der Waals surface area contributed by atoms with E-state index in [1.54, 1.807) is 0 Å². The van der Waals surface area contributed by atoms with Gasteiger partial charge in [-0.05, 0) is 89.9 Å². The number of ether oxygens (including phenoxy) is 3. The van der Waals surface area contributed by atoms with Gasteiger partial charge >= 0.3 is 17.9 Å². The highest BCUT2D eigenvalue weighted by Crippen LogP contribution is 2.15. The van der Waals surface area contributed by atoms with Crippen molar-refractivity contribution < 1.29 is 28.6 Å². The van der Waals surface area contributed by atoms with E-state index in [0.717, 1.165) is 122 Å². The normalized spacial score (nSPS) is 12.7. The Morgan fingerprint density at radius 3 is 0.938 bits per heavy atom. The van der Waals surface area contributed by atoms with Crippen LogP contribution in [0.2, 0.25) is 0 Å². The van der Waals surface area contributed by atoms with Crippen LogP contribution in [0.3, 0.4) is 0 Å². The van der Waals surface area contributed by atoms with Crippen molar-refractivity contribution >= 4 is 17.9 Å². The lowest BCUT2D eigenvalue weighted by Gasteiger charge is -2.18. The molecule has 0 amide bonds. The molecule has 372 valence electrons. The fourth-order valence-electron chi connectivity index (χ4n) is 7.39. The van der Waals surface area contributed by atoms with Crippen LogP contribution in [0.5, 0.6) is 0 Å². The zero-order valence-electron chi connectivity index (χ0n) is 42.5. The van der Waals surface area contributed by atoms with Crippen LogP contribution in [-0.2, 0) is 28.6 Å². The standard InChI is InChI=1S/C59H100O6/c1-4-7-10-13-16-19-22-25-27-29-31-34-37-40-43-46-49-52-58(61)64-55-56(54-63-57(60)51-48-45-42-39-36-33-24-21-18-15-12-9-6-3)65-59(62)53-50-47-44-41-38-35-32-30-28-26-23-20-17-14-11-8-5-2/h7-8,10-11,16-17,19-20,25-28,31,34,56H,4-6,9,12-15,18,21-24,29-30,32-33,35-55H2,1-3H3/b10-7-,11-8-,19-16-,20-17-,27-25-,28-26-,34-31-. The van der Waals surface area contributed by atoms with Gasteiger partial charge in [0.1, 0.15) is 13.2 Å². The van der Waals surface area contributed by atoms with Gasteiger partial charge in [0.05, 0.1) is 0 Å². The van der Waals surface area contributed by atoms with Crippen LogP contribution in [-0.4, -0.2) is 37.2 Å². The summed E-state index contributed by atoms with van der Waals surface area (Å²) >= 11 is 0. The average molecular weight is 905 g/mol. The Labute approximate surface area is 401 Å². The van der Waals surface area contributed by atoms with Crippen molar-refractivity contribution in [1.29, 1.82) is 0 Å². The van der Waals surface area contributed by atoms with Crippen LogP contribution in [0.1, 0.15) is 252 Å². The van der Waals surface area contributed by atoms with Crippen molar-refractivity contribution in [2.45, 2.75) is 258 Å². The third-order valence-electron chi connectivity index (χ3n) is 11.4. The summed E-state index contributed by atoms with van der Waals surface area (Å²) in [5.41, 5.74) is 0. The fraction of sp³-hybridized carbons (Fsp3) is 0.712. The summed E-state index contributed by atoms with van der Waals surface area (Å²) in [7, 11) is 0. The molecule has 0 fully saturated rings. The van der Waals surface area contributed by atoms with Crippen LogP contribution in [0.15, 0.2) is 85.1 Å². The summed E-state index contributed by atoms with van der Waals surface area (Å²) in [5.74, 6) is -0.918. The average Bonchev–Trinajstić information content (AvgIpc) is 3.30. The highest BCUT2D eigenvalue weighted by atomic mass is 16.6. The molecule has 0 rings (SSSR count). The summed E-state index contributed by atoms with van der Waals surface area (Å²) in [4.78, 5) is 38.1. The second kappa shape index (κ2) is 53.2. The molecule has 0 radical (unpaired) electrons. The minimum Gasteiger partial charge on any atom is -0.462 e. The Balaban J connectivity index is 4.44. The second-order valence-electron chi connectivity index (χ2n) is 17.7. The quantitative estimate of drug-likeness (QED) is 0.0262. The molecule has 0 saturated heterocycles. The maximum atomic E-state index is 12.8. The van der Waals surface area contributed by atoms with Crippen molar-refractivity contribution in [3.05, 3.63) is 85.1 Å². The Morgan fingerprint density at radius 1 is 0.323 bits per heavy atom. The molecule has 0 bridgehead atoms. The van der Waals surface area contributed by atoms with Gasteiger partial charge in [-0.15, -0.1) is 0 Å². The predicted octanol–water partition coefficient (Wildman–Crippen LogP) is 18.0. The minimum absolute atomic E-state index is 0.0872. The second-order valence-corrected chi connectivity index (χ2v) is 17.7. The monoisotopic (exact) mass is 905 g/mol. The third-order valence-corrected chi connectivity index (χ3v) is 11.4. The van der Waals surface area contributed by atoms with Gasteiger partial charge in [0, 0.05) is 19.3 Å². The van der Waals surface area contributed by atoms with Crippen molar-refractivity contribution in [3.63, 3.8) is 0 Å². The van der Waals surface area contributed by atoms with Crippen LogP contribution >= 0.6 is 0 Å². The van der Waals surface area contributed by atoms with Crippen molar-refractivity contribution in [1.82, 2.24) is 0 Å². The van der Waals surface area contributed by atoms with Crippen LogP contribution in [0.25, 0.3) is 0 Å². The summed E-state index contributed by atoms with van der Waals surface area (Å²) in [6, 6.07) is 0. The van der Waals surface area contributed by atoms with E-state index in [1.807, 2.05) is 0 Å². The molecule has 0 saturated carbocycles. The molecule has 0 aliphatic rings. The van der Waals surface area contributed by atoms with E-state index in [4.69, 9.17) is 14.2 Å². The van der Waals surface area contributed by atoms with Gasteiger partial charge in [-0.1, -0.05) is 228 Å². The first-order valence-corrected chi connectivity index (χ1v) is 27.1. The lowest BCUT2D eigenvalue weighted by Crippen LogP contribution is -2.30. The number of esters is 3. The number of allylic oxidation sites excluding steroid dienone is 14. The first kappa shape index (κ1) is 61.6. The number of unbranched alkanes of at least 4 members (excludes halogenated alkanes) is 23. The Morgan fingerprint density at radius 2 is 0.600 bits per heavy atom. The zero-order chi connectivity index (χ0) is 47.2. The number of carbonyl (C=O) groups excluding carboxylic acids is 3. The molecule has 6 heteroatoms. The summed E-state index contributed by atoms with van der Waals surface area (Å²) in [6.45, 7) is 6.39. The maximum absolute atomic E-state index is 12.8. The number of hydrogen-bond donors (Lipinski definition) is 0. The van der Waals surface area contributed by atoms with E-state index in [-0.39, 0.29) is 31.1 Å². The van der Waals surface area contributed by atoms with Gasteiger partial charge < -0.3 is 14.2 Å². The Kier molecular flexibility index (Phi) is 50.4. The molecule has 0 aliphatic carbocycles. The number of rotatable bonds is 48. The molecule has 65 heavy (non-hydrogen) atoms. The molecular formula is C59H100O6. The van der Waals surface area contributed by atoms with Crippen LogP contribution < -0.4 is 0 Å². The van der Waals surface area contributed by atoms with E-state index in [0.29, 0.717) is 19.3 Å². The van der Waals surface area contributed by atoms with Crippen LogP contribution in [0, 0.1) is 0 Å². The van der Waals surface area contributed by atoms with E-state index < -0.39 is 6.10 Å². The lowest BCUT2D eigenvalue weighted by atomic mass is 10.0. The molecule has 0 N–H and O–H groups in total. The van der Waals surface area contributed by atoms with E-state index in [1.165, 1.54) is 89.9 Å². The first-order valence-electron chi connectivity index (χ1n) is 27.1. The summed E-state index contributed by atoms with van der Waals surface area (Å²) in [5, 5.41) is 0. The molecule has 0 aliphatic heterocycles. The maximum Gasteiger partial charge on any atom is 0.306 e. The van der Waals surface area contributed by atoms with E-state index in [9.17, 15) is 14.4 Å². The zero-order valence-corrected chi connectivity index (χ0v) is 42.5. The first-order chi connectivity index (χ1) is 32.0. The van der Waals surface area contributed by atoms with Crippen molar-refractivity contribution in [2.75, 3.05) is 13.2 Å². The SMILES string of the molecule is CC/C=C\C/C=C\C/C=C\C/C=C\CCCCCCC(=O)OCC(COC(=O)CCCCCCCCCCCCCCC)OC(=O)CCCCCCCCC/C=C\C/C=C\C/C=C\CC. The number of carbonyl (C=O) groups is 3. The molecule has 0 aromatic heterocycles. The predicted molar refractivity (Wildman–Crippen MR) is 279 cm³/mol. The highest BCUT2D eigenvalue weighted by Gasteiger charge is 2.19. The van der Waals surface area contributed by atoms with E-state index >= 15 is 0 Å². The molecule has 1 unspecified atom stereocenters. The Bertz CT molecular complexity index is 1270. The van der Waals surface area contributed by atoms with Crippen molar-refractivity contribution in [2.24, 2.45) is 0 Å². The molecule has 0 aromatic rings. The minimum atomic E-state index is -0.791. The van der Waals surface area contributed by atoms with Gasteiger partial charge in [0.25, 0.3) is 0 Å². The summed E-state index contributed by atoms with van der Waals surface area (Å²) in [6.07, 6.45) is 68.5. The molecule has 0 aromatic carbocycles. The largest absolute Gasteiger partial charge is 0.462 e. The fourth-order valence-corrected chi connectivity index (χ4v) is 7.39. The summed E-state index contributed by atoms with van der Waals surface area (Å²) < 4.78 is 16.8. The molecule has 0 heterocycles. The van der Waals surface area contributed by atoms with Gasteiger partial charge in [-0.3, -0.25) is 14.4 Å². The molecular weight excluding hydrogens is 805 g/mol. The molecule has 1 atom stereocenters. The van der Waals surface area contributed by atoms with E-state index in [2.05, 4.69) is 106 Å². The Hall–Kier alpha value is -3.41. The van der Waals surface area contributed by atoms with Crippen LogP contribution in [0.4, 0.5) is 0 Å². The smallest absolute Gasteiger partial charge is 0.306 e. The topological polar surface area (TPSA) is 78.9 Å². The van der Waals surface area contributed by atoms with Gasteiger partial charge in [-0.2, -0.15) is 0 Å². The lowest BCUT2D eigenvalue weighted by molar-refractivity contribution is -0.167. The molecule has 0 spiro atoms. The van der Waals surface area contributed by atoms with Gasteiger partial charge in [0.2, 0.25) is 0 Å². The highest BCUT2D eigenvalue weighted by molar-refractivity contribution is 5.71. The van der Waals surface area contributed by atoms with Gasteiger partial charge in [-0.25, -0.2) is 0 Å². The number of hydrogen-bond acceptors (Lipinski definition) is 6. The van der Waals surface area contributed by atoms with Gasteiger partial charge in [0.15, 0.2) is 6.10 Å². The van der Waals surface area contributed by atoms with Crippen molar-refractivity contribution in [3.8, 4) is 0 Å². The molecule has 6 nitrogen and oxygen atoms in total.